The third-order valence-corrected chi connectivity index (χ3v) is 11.6. The second-order valence-electron chi connectivity index (χ2n) is 18.9. The molecule has 0 saturated carbocycles. The number of imidazole rings is 1. The molecule has 0 amide bonds. The summed E-state index contributed by atoms with van der Waals surface area (Å²) in [5, 5.41) is 14.7. The van der Waals surface area contributed by atoms with E-state index in [9.17, 15) is 5.11 Å². The van der Waals surface area contributed by atoms with Crippen LogP contribution in [-0.2, 0) is 37.3 Å². The number of hydrogen-bond donors (Lipinski definition) is 1. The molecule has 1 N–H and O–H groups in total. The number of aromatic nitrogens is 4. The first-order valence-electron chi connectivity index (χ1n) is 20.6. The van der Waals surface area contributed by atoms with Gasteiger partial charge in [0.15, 0.2) is 0 Å². The molecule has 0 atom stereocenters. The number of rotatable bonds is 5. The summed E-state index contributed by atoms with van der Waals surface area (Å²) in [5.41, 5.74) is 12.9. The first-order valence-corrected chi connectivity index (χ1v) is 20.6. The van der Waals surface area contributed by atoms with E-state index in [-0.39, 0.29) is 43.1 Å². The zero-order valence-electron chi connectivity index (χ0n) is 35.8. The van der Waals surface area contributed by atoms with Crippen molar-refractivity contribution in [3.8, 4) is 50.9 Å². The van der Waals surface area contributed by atoms with Crippen molar-refractivity contribution in [1.29, 1.82) is 0 Å². The Morgan fingerprint density at radius 1 is 0.533 bits per heavy atom. The molecule has 0 saturated heterocycles. The maximum atomic E-state index is 12.4. The molecule has 0 aliphatic carbocycles. The second kappa shape index (κ2) is 15.0. The zero-order valence-corrected chi connectivity index (χ0v) is 38.1. The van der Waals surface area contributed by atoms with Crippen LogP contribution in [0.25, 0.3) is 78.1 Å². The van der Waals surface area contributed by atoms with E-state index in [0.29, 0.717) is 11.4 Å². The van der Waals surface area contributed by atoms with Crippen molar-refractivity contribution < 1.29 is 26.2 Å². The number of aromatic hydroxyl groups is 1. The van der Waals surface area contributed by atoms with Gasteiger partial charge in [-0.3, -0.25) is 4.57 Å². The van der Waals surface area contributed by atoms with E-state index in [0.717, 1.165) is 77.9 Å². The fourth-order valence-electron chi connectivity index (χ4n) is 8.34. The molecular weight excluding hydrogens is 916 g/mol. The SMILES string of the molecule is CC(C)(C)c1ccc(-n2c(-c3cc(C(C)(C)C)cc(C(C)(C)C)c3O)nc3c(-c4ccc5c6ccccc6n(-c6[c-]cccc6)c5n4)cccc32)c(-c2ccccc2)c1.[Pt]. The Morgan fingerprint density at radius 3 is 1.92 bits per heavy atom. The van der Waals surface area contributed by atoms with E-state index in [1.807, 2.05) is 18.2 Å². The summed E-state index contributed by atoms with van der Waals surface area (Å²) < 4.78 is 4.46. The fourth-order valence-corrected chi connectivity index (χ4v) is 8.34. The van der Waals surface area contributed by atoms with Gasteiger partial charge in [0.25, 0.3) is 0 Å². The van der Waals surface area contributed by atoms with Crippen molar-refractivity contribution in [2.24, 2.45) is 0 Å². The quantitative estimate of drug-likeness (QED) is 0.175. The van der Waals surface area contributed by atoms with Crippen LogP contribution in [0.4, 0.5) is 0 Å². The number of nitrogens with zero attached hydrogens (tertiary/aromatic N) is 4. The van der Waals surface area contributed by atoms with Crippen molar-refractivity contribution in [2.45, 2.75) is 78.6 Å². The van der Waals surface area contributed by atoms with Gasteiger partial charge in [0, 0.05) is 48.5 Å². The molecule has 0 aliphatic rings. The summed E-state index contributed by atoms with van der Waals surface area (Å²) in [6.07, 6.45) is 0. The summed E-state index contributed by atoms with van der Waals surface area (Å²) in [6.45, 7) is 19.9. The predicted octanol–water partition coefficient (Wildman–Crippen LogP) is 13.9. The number of para-hydroxylation sites is 3. The minimum Gasteiger partial charge on any atom is -0.507 e. The summed E-state index contributed by atoms with van der Waals surface area (Å²) in [6, 6.07) is 52.3. The smallest absolute Gasteiger partial charge is 0.149 e. The average molecular weight is 967 g/mol. The Labute approximate surface area is 368 Å². The Kier molecular flexibility index (Phi) is 10.3. The van der Waals surface area contributed by atoms with Gasteiger partial charge in [-0.15, -0.1) is 6.07 Å². The minimum absolute atomic E-state index is 0. The predicted molar refractivity (Wildman–Crippen MR) is 246 cm³/mol. The van der Waals surface area contributed by atoms with Crippen LogP contribution >= 0.6 is 0 Å². The van der Waals surface area contributed by atoms with Crippen LogP contribution < -0.4 is 0 Å². The molecule has 0 fully saturated rings. The molecule has 0 bridgehead atoms. The molecular formula is C54H51N4OPt-. The Bertz CT molecular complexity index is 3050. The van der Waals surface area contributed by atoms with Crippen molar-refractivity contribution >= 4 is 33.0 Å². The van der Waals surface area contributed by atoms with E-state index in [2.05, 4.69) is 199 Å². The first-order chi connectivity index (χ1) is 28.1. The number of hydrogen-bond acceptors (Lipinski definition) is 3. The zero-order chi connectivity index (χ0) is 41.4. The van der Waals surface area contributed by atoms with E-state index in [4.69, 9.17) is 9.97 Å². The molecule has 9 aromatic rings. The Hall–Kier alpha value is -5.77. The van der Waals surface area contributed by atoms with Crippen LogP contribution in [0, 0.1) is 6.07 Å². The van der Waals surface area contributed by atoms with Gasteiger partial charge in [-0.05, 0) is 75.4 Å². The number of benzene rings is 6. The number of phenols is 1. The van der Waals surface area contributed by atoms with Gasteiger partial charge in [-0.2, -0.15) is 24.3 Å². The maximum absolute atomic E-state index is 12.4. The first kappa shape index (κ1) is 41.0. The van der Waals surface area contributed by atoms with Crippen LogP contribution in [0.2, 0.25) is 0 Å². The largest absolute Gasteiger partial charge is 0.507 e. The van der Waals surface area contributed by atoms with E-state index >= 15 is 0 Å². The van der Waals surface area contributed by atoms with Crippen molar-refractivity contribution in [3.05, 3.63) is 162 Å². The van der Waals surface area contributed by atoms with Crippen molar-refractivity contribution in [2.75, 3.05) is 0 Å². The minimum atomic E-state index is -0.320. The molecule has 0 unspecified atom stereocenters. The molecule has 304 valence electrons. The second-order valence-corrected chi connectivity index (χ2v) is 18.9. The van der Waals surface area contributed by atoms with Gasteiger partial charge < -0.3 is 9.67 Å². The third-order valence-electron chi connectivity index (χ3n) is 11.6. The summed E-state index contributed by atoms with van der Waals surface area (Å²) in [5.74, 6) is 0.927. The topological polar surface area (TPSA) is 55.9 Å². The third kappa shape index (κ3) is 7.07. The standard InChI is InChI=1S/C54H51N4O.Pt/c1-52(2,3)35-27-30-46(41(31-35)34-19-12-10-13-20-34)58-47-26-18-24-40(48(47)56-51(58)42-32-36(53(4,5)6)33-43(49(42)59)54(7,8)9)44-29-28-39-38-23-16-17-25-45(38)57(50(39)55-44)37-21-14-11-15-22-37;/h10-21,23-33,59H,1-9H3;/q-1;. The Morgan fingerprint density at radius 2 is 1.22 bits per heavy atom. The summed E-state index contributed by atoms with van der Waals surface area (Å²) >= 11 is 0. The fraction of sp³-hybridized carbons (Fsp3) is 0.222. The molecule has 3 heterocycles. The average Bonchev–Trinajstić information content (AvgIpc) is 3.76. The molecule has 9 rings (SSSR count). The van der Waals surface area contributed by atoms with E-state index < -0.39 is 0 Å². The molecule has 6 aromatic carbocycles. The van der Waals surface area contributed by atoms with E-state index in [1.165, 1.54) is 5.56 Å². The maximum Gasteiger partial charge on any atom is 0.149 e. The molecule has 60 heavy (non-hydrogen) atoms. The molecule has 0 spiro atoms. The van der Waals surface area contributed by atoms with Crippen LogP contribution in [0.15, 0.2) is 140 Å². The van der Waals surface area contributed by atoms with Gasteiger partial charge in [-0.25, -0.2) is 9.97 Å². The molecule has 0 radical (unpaired) electrons. The van der Waals surface area contributed by atoms with Gasteiger partial charge in [0.05, 0.1) is 33.5 Å². The Balaban J connectivity index is 0.00000499. The number of fused-ring (bicyclic) bond motifs is 4. The van der Waals surface area contributed by atoms with Crippen molar-refractivity contribution in [1.82, 2.24) is 19.1 Å². The van der Waals surface area contributed by atoms with Crippen LogP contribution in [0.1, 0.15) is 79.0 Å². The molecule has 0 aliphatic heterocycles. The monoisotopic (exact) mass is 966 g/mol. The summed E-state index contributed by atoms with van der Waals surface area (Å²) in [4.78, 5) is 11.1. The number of pyridine rings is 1. The van der Waals surface area contributed by atoms with Crippen molar-refractivity contribution in [3.63, 3.8) is 0 Å². The number of phenolic OH excluding ortho intramolecular Hbond substituents is 1. The van der Waals surface area contributed by atoms with Gasteiger partial charge in [0.2, 0.25) is 0 Å². The van der Waals surface area contributed by atoms with Crippen LogP contribution in [0.3, 0.4) is 0 Å². The molecule has 6 heteroatoms. The normalized spacial score (nSPS) is 12.3. The van der Waals surface area contributed by atoms with Gasteiger partial charge in [-0.1, -0.05) is 141 Å². The molecule has 3 aromatic heterocycles. The van der Waals surface area contributed by atoms with Gasteiger partial charge in [0.1, 0.15) is 17.2 Å². The van der Waals surface area contributed by atoms with Crippen LogP contribution in [-0.4, -0.2) is 24.2 Å². The van der Waals surface area contributed by atoms with Gasteiger partial charge >= 0.3 is 0 Å². The summed E-state index contributed by atoms with van der Waals surface area (Å²) in [7, 11) is 0. The van der Waals surface area contributed by atoms with E-state index in [1.54, 1.807) is 0 Å². The molecule has 5 nitrogen and oxygen atoms in total. The van der Waals surface area contributed by atoms with Crippen LogP contribution in [0.5, 0.6) is 5.75 Å².